The van der Waals surface area contributed by atoms with Crippen molar-refractivity contribution >= 4 is 24.2 Å². The van der Waals surface area contributed by atoms with Gasteiger partial charge in [-0.15, -0.1) is 19.0 Å². The van der Waals surface area contributed by atoms with Gasteiger partial charge in [0, 0.05) is 38.6 Å². The quantitative estimate of drug-likeness (QED) is 0.747. The van der Waals surface area contributed by atoms with Gasteiger partial charge in [0.2, 0.25) is 11.8 Å². The molecule has 1 aromatic heterocycles. The Bertz CT molecular complexity index is 510. The fourth-order valence-electron chi connectivity index (χ4n) is 2.25. The van der Waals surface area contributed by atoms with Crippen molar-refractivity contribution in [2.45, 2.75) is 19.0 Å². The number of amides is 2. The Morgan fingerprint density at radius 1 is 1.59 bits per heavy atom. The monoisotopic (exact) mass is 324 g/mol. The van der Waals surface area contributed by atoms with Crippen LogP contribution in [0.15, 0.2) is 37.2 Å². The van der Waals surface area contributed by atoms with E-state index in [0.29, 0.717) is 26.2 Å². The summed E-state index contributed by atoms with van der Waals surface area (Å²) in [5, 5.41) is 5.89. The highest BCUT2D eigenvalue weighted by molar-refractivity contribution is 5.89. The van der Waals surface area contributed by atoms with Gasteiger partial charge in [-0.25, -0.2) is 0 Å². The summed E-state index contributed by atoms with van der Waals surface area (Å²) in [5.41, 5.74) is 0.932. The van der Waals surface area contributed by atoms with Crippen LogP contribution in [0.1, 0.15) is 12.0 Å². The van der Waals surface area contributed by atoms with Crippen LogP contribution in [0.2, 0.25) is 0 Å². The van der Waals surface area contributed by atoms with Gasteiger partial charge in [0.05, 0.1) is 12.5 Å². The lowest BCUT2D eigenvalue weighted by atomic mass is 10.1. The average molecular weight is 325 g/mol. The van der Waals surface area contributed by atoms with Gasteiger partial charge in [0.25, 0.3) is 0 Å². The molecule has 0 saturated carbocycles. The van der Waals surface area contributed by atoms with Crippen molar-refractivity contribution in [1.29, 1.82) is 0 Å². The smallest absolute Gasteiger partial charge is 0.240 e. The van der Waals surface area contributed by atoms with Gasteiger partial charge in [-0.3, -0.25) is 14.6 Å². The number of pyridine rings is 1. The molecule has 0 aromatic carbocycles. The molecular weight excluding hydrogens is 304 g/mol. The molecule has 22 heavy (non-hydrogen) atoms. The molecule has 120 valence electrons. The van der Waals surface area contributed by atoms with Crippen LogP contribution in [0.3, 0.4) is 0 Å². The fourth-order valence-corrected chi connectivity index (χ4v) is 2.25. The number of hydrogen-bond acceptors (Lipinski definition) is 4. The van der Waals surface area contributed by atoms with E-state index in [1.165, 1.54) is 0 Å². The maximum atomic E-state index is 12.2. The number of rotatable bonds is 6. The van der Waals surface area contributed by atoms with Crippen LogP contribution in [-0.2, 0) is 16.1 Å². The zero-order chi connectivity index (χ0) is 15.1. The Morgan fingerprint density at radius 2 is 2.41 bits per heavy atom. The minimum Gasteiger partial charge on any atom is -0.352 e. The number of hydrogen-bond donors (Lipinski definition) is 2. The second-order valence-electron chi connectivity index (χ2n) is 4.92. The summed E-state index contributed by atoms with van der Waals surface area (Å²) in [6, 6.07) is 3.26. The lowest BCUT2D eigenvalue weighted by Gasteiger charge is -2.32. The molecule has 0 radical (unpaired) electrons. The molecule has 7 heteroatoms. The first kappa shape index (κ1) is 18.1. The van der Waals surface area contributed by atoms with Crippen LogP contribution in [-0.4, -0.2) is 47.4 Å². The predicted octanol–water partition coefficient (Wildman–Crippen LogP) is 0.496. The normalized spacial score (nSPS) is 17.5. The summed E-state index contributed by atoms with van der Waals surface area (Å²) in [7, 11) is 0. The van der Waals surface area contributed by atoms with E-state index in [9.17, 15) is 9.59 Å². The molecule has 2 heterocycles. The molecule has 2 N–H and O–H groups in total. The third kappa shape index (κ3) is 5.13. The van der Waals surface area contributed by atoms with E-state index in [2.05, 4.69) is 22.2 Å². The maximum absolute atomic E-state index is 12.2. The SMILES string of the molecule is C=CCN1CCNC(CC(=O)NCc2cccnc2)C1=O.Cl. The van der Waals surface area contributed by atoms with Crippen molar-refractivity contribution in [3.05, 3.63) is 42.7 Å². The van der Waals surface area contributed by atoms with E-state index >= 15 is 0 Å². The van der Waals surface area contributed by atoms with E-state index in [0.717, 1.165) is 5.56 Å². The Balaban J connectivity index is 0.00000242. The first-order chi connectivity index (χ1) is 10.2. The van der Waals surface area contributed by atoms with Gasteiger partial charge in [-0.2, -0.15) is 0 Å². The van der Waals surface area contributed by atoms with Gasteiger partial charge >= 0.3 is 0 Å². The van der Waals surface area contributed by atoms with Gasteiger partial charge in [0.15, 0.2) is 0 Å². The molecule has 0 spiro atoms. The summed E-state index contributed by atoms with van der Waals surface area (Å²) in [6.07, 6.45) is 5.23. The summed E-state index contributed by atoms with van der Waals surface area (Å²) in [5.74, 6) is -0.192. The highest BCUT2D eigenvalue weighted by Crippen LogP contribution is 2.05. The Labute approximate surface area is 136 Å². The summed E-state index contributed by atoms with van der Waals surface area (Å²) >= 11 is 0. The molecule has 1 aliphatic heterocycles. The van der Waals surface area contributed by atoms with Crippen molar-refractivity contribution in [3.63, 3.8) is 0 Å². The number of piperazine rings is 1. The zero-order valence-corrected chi connectivity index (χ0v) is 13.1. The number of nitrogens with zero attached hydrogens (tertiary/aromatic N) is 2. The topological polar surface area (TPSA) is 74.3 Å². The third-order valence-electron chi connectivity index (χ3n) is 3.33. The minimum atomic E-state index is -0.451. The molecule has 1 saturated heterocycles. The zero-order valence-electron chi connectivity index (χ0n) is 12.3. The minimum absolute atomic E-state index is 0. The summed E-state index contributed by atoms with van der Waals surface area (Å²) in [6.45, 7) is 5.93. The molecule has 2 amide bonds. The van der Waals surface area contributed by atoms with E-state index in [4.69, 9.17) is 0 Å². The Hall–Kier alpha value is -1.92. The van der Waals surface area contributed by atoms with E-state index in [-0.39, 0.29) is 30.6 Å². The van der Waals surface area contributed by atoms with Crippen LogP contribution in [0, 0.1) is 0 Å². The second kappa shape index (κ2) is 9.17. The number of nitrogens with one attached hydrogen (secondary N) is 2. The van der Waals surface area contributed by atoms with Crippen LogP contribution in [0.4, 0.5) is 0 Å². The fraction of sp³-hybridized carbons (Fsp3) is 0.400. The molecule has 1 aliphatic rings. The Morgan fingerprint density at radius 3 is 3.09 bits per heavy atom. The van der Waals surface area contributed by atoms with Crippen molar-refractivity contribution < 1.29 is 9.59 Å². The molecule has 0 aliphatic carbocycles. The molecular formula is C15H21ClN4O2. The van der Waals surface area contributed by atoms with Crippen LogP contribution < -0.4 is 10.6 Å². The van der Waals surface area contributed by atoms with E-state index < -0.39 is 6.04 Å². The molecule has 1 fully saturated rings. The molecule has 6 nitrogen and oxygen atoms in total. The standard InChI is InChI=1S/C15H20N4O2.ClH/c1-2-7-19-8-6-17-13(15(19)21)9-14(20)18-11-12-4-3-5-16-10-12;/h2-5,10,13,17H,1,6-9,11H2,(H,18,20);1H. The van der Waals surface area contributed by atoms with Gasteiger partial charge in [-0.1, -0.05) is 12.1 Å². The third-order valence-corrected chi connectivity index (χ3v) is 3.33. The number of aromatic nitrogens is 1. The van der Waals surface area contributed by atoms with Crippen LogP contribution in [0.5, 0.6) is 0 Å². The first-order valence-electron chi connectivity index (χ1n) is 6.99. The average Bonchev–Trinajstić information content (AvgIpc) is 2.50. The lowest BCUT2D eigenvalue weighted by molar-refractivity contribution is -0.137. The van der Waals surface area contributed by atoms with Crippen molar-refractivity contribution in [2.24, 2.45) is 0 Å². The summed E-state index contributed by atoms with van der Waals surface area (Å²) in [4.78, 5) is 29.8. The molecule has 1 aromatic rings. The largest absolute Gasteiger partial charge is 0.352 e. The van der Waals surface area contributed by atoms with Crippen LogP contribution in [0.25, 0.3) is 0 Å². The highest BCUT2D eigenvalue weighted by Gasteiger charge is 2.29. The lowest BCUT2D eigenvalue weighted by Crippen LogP contribution is -2.56. The summed E-state index contributed by atoms with van der Waals surface area (Å²) < 4.78 is 0. The maximum Gasteiger partial charge on any atom is 0.240 e. The number of carbonyl (C=O) groups is 2. The molecule has 1 unspecified atom stereocenters. The van der Waals surface area contributed by atoms with E-state index in [1.54, 1.807) is 23.4 Å². The van der Waals surface area contributed by atoms with Gasteiger partial charge in [0.1, 0.15) is 0 Å². The second-order valence-corrected chi connectivity index (χ2v) is 4.92. The van der Waals surface area contributed by atoms with Crippen molar-refractivity contribution in [1.82, 2.24) is 20.5 Å². The predicted molar refractivity (Wildman–Crippen MR) is 86.5 cm³/mol. The van der Waals surface area contributed by atoms with Crippen molar-refractivity contribution in [2.75, 3.05) is 19.6 Å². The van der Waals surface area contributed by atoms with Gasteiger partial charge < -0.3 is 15.5 Å². The molecule has 0 bridgehead atoms. The van der Waals surface area contributed by atoms with Crippen molar-refractivity contribution in [3.8, 4) is 0 Å². The molecule has 2 rings (SSSR count). The number of carbonyl (C=O) groups excluding carboxylic acids is 2. The number of halogens is 1. The highest BCUT2D eigenvalue weighted by atomic mass is 35.5. The first-order valence-corrected chi connectivity index (χ1v) is 6.99. The van der Waals surface area contributed by atoms with Crippen LogP contribution >= 0.6 is 12.4 Å². The Kier molecular flexibility index (Phi) is 7.56. The molecule has 1 atom stereocenters. The van der Waals surface area contributed by atoms with E-state index in [1.807, 2.05) is 12.1 Å². The van der Waals surface area contributed by atoms with Gasteiger partial charge in [-0.05, 0) is 11.6 Å².